The monoisotopic (exact) mass is 270 g/mol. The van der Waals surface area contributed by atoms with Crippen molar-refractivity contribution in [1.29, 1.82) is 0 Å². The lowest BCUT2D eigenvalue weighted by Crippen LogP contribution is -2.57. The minimum Gasteiger partial charge on any atom is -0.465 e. The number of methoxy groups -OCH3 is 1. The Bertz CT molecular complexity index is 292. The average molecular weight is 270 g/mol. The third-order valence-corrected chi connectivity index (χ3v) is 4.45. The smallest absolute Gasteiger partial charge is 0.407 e. The standard InChI is InChI=1S/C14H26N2O3/c1-19-11-13-10-16(14(17)18)8-7-15(13)9-12-5-3-2-4-6-12/h12-13H,2-11H2,1H3,(H,17,18)/t13-/m1/s1. The molecule has 0 aromatic carbocycles. The molecule has 2 fully saturated rings. The fraction of sp³-hybridized carbons (Fsp3) is 0.929. The van der Waals surface area contributed by atoms with Crippen LogP contribution in [-0.4, -0.2) is 66.9 Å². The van der Waals surface area contributed by atoms with E-state index in [1.807, 2.05) is 0 Å². The molecule has 1 saturated carbocycles. The van der Waals surface area contributed by atoms with E-state index < -0.39 is 6.09 Å². The molecule has 1 aliphatic heterocycles. The van der Waals surface area contributed by atoms with Crippen LogP contribution in [0, 0.1) is 5.92 Å². The summed E-state index contributed by atoms with van der Waals surface area (Å²) in [6, 6.07) is 0.219. The average Bonchev–Trinajstić information content (AvgIpc) is 2.42. The molecule has 0 radical (unpaired) electrons. The van der Waals surface area contributed by atoms with E-state index in [0.717, 1.165) is 19.0 Å². The van der Waals surface area contributed by atoms with E-state index in [-0.39, 0.29) is 6.04 Å². The highest BCUT2D eigenvalue weighted by Crippen LogP contribution is 2.25. The maximum Gasteiger partial charge on any atom is 0.407 e. The minimum absolute atomic E-state index is 0.219. The van der Waals surface area contributed by atoms with Crippen LogP contribution in [0.4, 0.5) is 4.79 Å². The summed E-state index contributed by atoms with van der Waals surface area (Å²) in [4.78, 5) is 15.0. The SMILES string of the molecule is COC[C@H]1CN(C(=O)O)CCN1CC1CCCCC1. The second-order valence-electron chi connectivity index (χ2n) is 5.84. The Morgan fingerprint density at radius 1 is 1.26 bits per heavy atom. The van der Waals surface area contributed by atoms with Crippen LogP contribution in [0.2, 0.25) is 0 Å². The maximum absolute atomic E-state index is 11.1. The van der Waals surface area contributed by atoms with Crippen LogP contribution in [0.3, 0.4) is 0 Å². The van der Waals surface area contributed by atoms with Gasteiger partial charge in [-0.1, -0.05) is 19.3 Å². The molecule has 1 amide bonds. The fourth-order valence-corrected chi connectivity index (χ4v) is 3.36. The lowest BCUT2D eigenvalue weighted by Gasteiger charge is -2.42. The maximum atomic E-state index is 11.1. The molecule has 0 unspecified atom stereocenters. The first-order valence-corrected chi connectivity index (χ1v) is 7.41. The first-order valence-electron chi connectivity index (χ1n) is 7.41. The van der Waals surface area contributed by atoms with Crippen molar-refractivity contribution >= 4 is 6.09 Å². The van der Waals surface area contributed by atoms with Crippen molar-refractivity contribution < 1.29 is 14.6 Å². The van der Waals surface area contributed by atoms with Crippen molar-refractivity contribution in [1.82, 2.24) is 9.80 Å². The van der Waals surface area contributed by atoms with E-state index in [0.29, 0.717) is 19.7 Å². The Labute approximate surface area is 115 Å². The first kappa shape index (κ1) is 14.6. The lowest BCUT2D eigenvalue weighted by atomic mass is 9.88. The molecule has 5 heteroatoms. The number of nitrogens with zero attached hydrogens (tertiary/aromatic N) is 2. The molecular weight excluding hydrogens is 244 g/mol. The van der Waals surface area contributed by atoms with Gasteiger partial charge in [-0.2, -0.15) is 0 Å². The molecule has 0 aromatic heterocycles. The van der Waals surface area contributed by atoms with Crippen LogP contribution in [0.15, 0.2) is 0 Å². The Balaban J connectivity index is 1.88. The summed E-state index contributed by atoms with van der Waals surface area (Å²) < 4.78 is 5.27. The van der Waals surface area contributed by atoms with Crippen LogP contribution >= 0.6 is 0 Å². The van der Waals surface area contributed by atoms with Gasteiger partial charge in [0.1, 0.15) is 0 Å². The minimum atomic E-state index is -0.807. The fourth-order valence-electron chi connectivity index (χ4n) is 3.36. The van der Waals surface area contributed by atoms with Gasteiger partial charge in [-0.15, -0.1) is 0 Å². The molecule has 0 bridgehead atoms. The van der Waals surface area contributed by atoms with Gasteiger partial charge < -0.3 is 14.7 Å². The van der Waals surface area contributed by atoms with Crippen LogP contribution in [-0.2, 0) is 4.74 Å². The van der Waals surface area contributed by atoms with E-state index in [4.69, 9.17) is 9.84 Å². The van der Waals surface area contributed by atoms with Gasteiger partial charge >= 0.3 is 6.09 Å². The van der Waals surface area contributed by atoms with Crippen LogP contribution in [0.1, 0.15) is 32.1 Å². The van der Waals surface area contributed by atoms with Gasteiger partial charge in [-0.05, 0) is 18.8 Å². The zero-order chi connectivity index (χ0) is 13.7. The second-order valence-corrected chi connectivity index (χ2v) is 5.84. The van der Waals surface area contributed by atoms with E-state index >= 15 is 0 Å². The molecule has 19 heavy (non-hydrogen) atoms. The highest BCUT2D eigenvalue weighted by molar-refractivity contribution is 5.65. The topological polar surface area (TPSA) is 53.0 Å². The van der Waals surface area contributed by atoms with Gasteiger partial charge in [0.15, 0.2) is 0 Å². The summed E-state index contributed by atoms with van der Waals surface area (Å²) in [6.45, 7) is 3.78. The number of carbonyl (C=O) groups is 1. The number of rotatable bonds is 4. The van der Waals surface area contributed by atoms with Crippen molar-refractivity contribution in [2.45, 2.75) is 38.1 Å². The lowest BCUT2D eigenvalue weighted by molar-refractivity contribution is 0.0170. The van der Waals surface area contributed by atoms with Crippen LogP contribution in [0.5, 0.6) is 0 Å². The van der Waals surface area contributed by atoms with Gasteiger partial charge in [0, 0.05) is 33.3 Å². The quantitative estimate of drug-likeness (QED) is 0.847. The van der Waals surface area contributed by atoms with Crippen molar-refractivity contribution in [2.75, 3.05) is 39.9 Å². The number of piperazine rings is 1. The second kappa shape index (κ2) is 7.10. The summed E-state index contributed by atoms with van der Waals surface area (Å²) in [5.74, 6) is 0.796. The number of carboxylic acid groups (broad SMARTS) is 1. The number of hydrogen-bond acceptors (Lipinski definition) is 3. The summed E-state index contributed by atoms with van der Waals surface area (Å²) >= 11 is 0. The Morgan fingerprint density at radius 3 is 2.63 bits per heavy atom. The van der Waals surface area contributed by atoms with E-state index in [1.54, 1.807) is 7.11 Å². The number of amides is 1. The molecule has 1 atom stereocenters. The predicted molar refractivity (Wildman–Crippen MR) is 73.4 cm³/mol. The van der Waals surface area contributed by atoms with Gasteiger partial charge in [0.2, 0.25) is 0 Å². The number of hydrogen-bond donors (Lipinski definition) is 1. The summed E-state index contributed by atoms with van der Waals surface area (Å²) in [5, 5.41) is 9.10. The summed E-state index contributed by atoms with van der Waals surface area (Å²) in [6.07, 6.45) is 5.95. The van der Waals surface area contributed by atoms with Crippen LogP contribution in [0.25, 0.3) is 0 Å². The van der Waals surface area contributed by atoms with Crippen LogP contribution < -0.4 is 0 Å². The highest BCUT2D eigenvalue weighted by Gasteiger charge is 2.30. The third-order valence-electron chi connectivity index (χ3n) is 4.45. The molecule has 110 valence electrons. The molecule has 0 aromatic rings. The zero-order valence-corrected chi connectivity index (χ0v) is 11.9. The Morgan fingerprint density at radius 2 is 2.00 bits per heavy atom. The molecule has 1 heterocycles. The summed E-state index contributed by atoms with van der Waals surface area (Å²) in [7, 11) is 1.69. The molecule has 1 N–H and O–H groups in total. The van der Waals surface area contributed by atoms with Gasteiger partial charge in [0.25, 0.3) is 0 Å². The Kier molecular flexibility index (Phi) is 5.45. The molecule has 5 nitrogen and oxygen atoms in total. The normalized spacial score (nSPS) is 26.6. The molecule has 2 rings (SSSR count). The molecule has 1 aliphatic carbocycles. The summed E-state index contributed by atoms with van der Waals surface area (Å²) in [5.41, 5.74) is 0. The first-order chi connectivity index (χ1) is 9.20. The van der Waals surface area contributed by atoms with E-state index in [9.17, 15) is 4.79 Å². The Hall–Kier alpha value is -0.810. The van der Waals surface area contributed by atoms with E-state index in [1.165, 1.54) is 37.0 Å². The van der Waals surface area contributed by atoms with E-state index in [2.05, 4.69) is 4.90 Å². The zero-order valence-electron chi connectivity index (χ0n) is 11.9. The van der Waals surface area contributed by atoms with Gasteiger partial charge in [0.05, 0.1) is 12.6 Å². The largest absolute Gasteiger partial charge is 0.465 e. The highest BCUT2D eigenvalue weighted by atomic mass is 16.5. The number of ether oxygens (including phenoxy) is 1. The van der Waals surface area contributed by atoms with Crippen molar-refractivity contribution in [3.05, 3.63) is 0 Å². The molecule has 0 spiro atoms. The third kappa shape index (κ3) is 4.08. The molecular formula is C14H26N2O3. The van der Waals surface area contributed by atoms with Gasteiger partial charge in [-0.25, -0.2) is 4.79 Å². The van der Waals surface area contributed by atoms with Gasteiger partial charge in [-0.3, -0.25) is 4.90 Å². The van der Waals surface area contributed by atoms with Crippen molar-refractivity contribution in [2.24, 2.45) is 5.92 Å². The molecule has 2 aliphatic rings. The molecule has 1 saturated heterocycles. The van der Waals surface area contributed by atoms with Crippen molar-refractivity contribution in [3.8, 4) is 0 Å². The predicted octanol–water partition coefficient (Wildman–Crippen LogP) is 1.88. The van der Waals surface area contributed by atoms with Crippen molar-refractivity contribution in [3.63, 3.8) is 0 Å².